The second-order valence-corrected chi connectivity index (χ2v) is 18.8. The molecule has 356 valence electrons. The fourth-order valence-corrected chi connectivity index (χ4v) is 8.14. The van der Waals surface area contributed by atoms with Crippen LogP contribution in [0.1, 0.15) is 251 Å². The molecule has 0 aliphatic carbocycles. The molecule has 0 amide bonds. The van der Waals surface area contributed by atoms with E-state index in [0.29, 0.717) is 6.61 Å². The van der Waals surface area contributed by atoms with Gasteiger partial charge in [-0.2, -0.15) is 0 Å². The van der Waals surface area contributed by atoms with Crippen LogP contribution in [0.15, 0.2) is 12.2 Å². The third-order valence-electron chi connectivity index (χ3n) is 11.3. The van der Waals surface area contributed by atoms with Crippen LogP contribution >= 0.6 is 7.82 Å². The summed E-state index contributed by atoms with van der Waals surface area (Å²) in [6, 6.07) is -1.47. The molecule has 0 heterocycles. The number of unbranched alkanes of at least 4 members (excludes halogenated alkanes) is 33. The van der Waals surface area contributed by atoms with Crippen LogP contribution in [0.4, 0.5) is 0 Å². The minimum absolute atomic E-state index is 0.0187. The van der Waals surface area contributed by atoms with Gasteiger partial charge in [-0.15, -0.1) is 0 Å². The van der Waals surface area contributed by atoms with E-state index in [-0.39, 0.29) is 13.0 Å². The Morgan fingerprint density at radius 2 is 0.867 bits per heavy atom. The summed E-state index contributed by atoms with van der Waals surface area (Å²) in [6.45, 7) is 3.92. The van der Waals surface area contributed by atoms with Crippen LogP contribution in [0.2, 0.25) is 0 Å². The van der Waals surface area contributed by atoms with Crippen molar-refractivity contribution in [1.29, 1.82) is 0 Å². The fraction of sp³-hybridized carbons (Fsp3) is 0.918. The SMILES string of the molecule is CCCCCCCC/C=C\CCCCCCCCOCC(COP(=O)(O)OCC(N)C(=O)O)OC(=O)CCCCCCCCCCCCCCCCCCCCCCCC. The molecule has 0 aromatic rings. The lowest BCUT2D eigenvalue weighted by Gasteiger charge is -2.20. The van der Waals surface area contributed by atoms with Crippen molar-refractivity contribution < 1.29 is 42.7 Å². The van der Waals surface area contributed by atoms with Crippen LogP contribution in [0.5, 0.6) is 0 Å². The lowest BCUT2D eigenvalue weighted by atomic mass is 10.0. The molecule has 4 N–H and O–H groups in total. The van der Waals surface area contributed by atoms with Gasteiger partial charge in [-0.25, -0.2) is 4.57 Å². The van der Waals surface area contributed by atoms with Crippen molar-refractivity contribution in [2.45, 2.75) is 264 Å². The monoisotopic (exact) mass is 874 g/mol. The standard InChI is InChI=1S/C49H96NO9P/c1-3-5-7-9-11-13-15-17-19-21-22-23-24-25-26-27-29-31-33-35-37-39-41-48(51)59-46(44-57-60(54,55)58-45-47(50)49(52)53)43-56-42-40-38-36-34-32-30-28-20-18-16-14-12-10-8-6-4-2/h18,20,46-47H,3-17,19,21-45,50H2,1-2H3,(H,52,53)(H,54,55)/b20-18-. The van der Waals surface area contributed by atoms with Gasteiger partial charge in [0.15, 0.2) is 0 Å². The van der Waals surface area contributed by atoms with Crippen molar-refractivity contribution in [3.63, 3.8) is 0 Å². The van der Waals surface area contributed by atoms with E-state index < -0.39 is 45.1 Å². The van der Waals surface area contributed by atoms with E-state index in [2.05, 4.69) is 26.0 Å². The maximum absolute atomic E-state index is 12.7. The molecule has 0 radical (unpaired) electrons. The number of hydrogen-bond donors (Lipinski definition) is 3. The molecule has 0 bridgehead atoms. The largest absolute Gasteiger partial charge is 0.480 e. The zero-order valence-electron chi connectivity index (χ0n) is 39.1. The average Bonchev–Trinajstić information content (AvgIpc) is 3.23. The summed E-state index contributed by atoms with van der Waals surface area (Å²) in [7, 11) is -4.62. The molecule has 0 aromatic carbocycles. The third-order valence-corrected chi connectivity index (χ3v) is 12.2. The van der Waals surface area contributed by atoms with Crippen LogP contribution < -0.4 is 5.73 Å². The van der Waals surface area contributed by atoms with Gasteiger partial charge in [0.1, 0.15) is 12.1 Å². The highest BCUT2D eigenvalue weighted by molar-refractivity contribution is 7.47. The summed E-state index contributed by atoms with van der Waals surface area (Å²) in [5.41, 5.74) is 5.37. The molecule has 3 atom stereocenters. The first-order chi connectivity index (χ1) is 29.2. The Bertz CT molecular complexity index is 1010. The molecule has 10 nitrogen and oxygen atoms in total. The van der Waals surface area contributed by atoms with Crippen LogP contribution in [0.25, 0.3) is 0 Å². The summed E-state index contributed by atoms with van der Waals surface area (Å²) in [5, 5.41) is 8.92. The Kier molecular flexibility index (Phi) is 44.7. The first-order valence-corrected chi connectivity index (χ1v) is 26.7. The van der Waals surface area contributed by atoms with Crippen molar-refractivity contribution >= 4 is 19.8 Å². The second kappa shape index (κ2) is 45.7. The van der Waals surface area contributed by atoms with E-state index in [1.54, 1.807) is 0 Å². The molecule has 3 unspecified atom stereocenters. The number of esters is 1. The lowest BCUT2D eigenvalue weighted by molar-refractivity contribution is -0.154. The smallest absolute Gasteiger partial charge is 0.472 e. The van der Waals surface area contributed by atoms with E-state index in [1.165, 1.54) is 186 Å². The first kappa shape index (κ1) is 58.7. The van der Waals surface area contributed by atoms with Crippen LogP contribution in [-0.2, 0) is 32.7 Å². The molecule has 0 aliphatic rings. The Balaban J connectivity index is 4.10. The number of nitrogens with two attached hydrogens (primary N) is 1. The van der Waals surface area contributed by atoms with E-state index in [9.17, 15) is 19.0 Å². The number of carbonyl (C=O) groups is 2. The lowest BCUT2D eigenvalue weighted by Crippen LogP contribution is -2.34. The molecule has 0 rings (SSSR count). The predicted octanol–water partition coefficient (Wildman–Crippen LogP) is 14.5. The summed E-state index contributed by atoms with van der Waals surface area (Å²) in [5.74, 6) is -1.77. The number of hydrogen-bond acceptors (Lipinski definition) is 8. The molecule has 60 heavy (non-hydrogen) atoms. The van der Waals surface area contributed by atoms with Gasteiger partial charge in [0.05, 0.1) is 19.8 Å². The summed E-state index contributed by atoms with van der Waals surface area (Å²) < 4.78 is 33.5. The van der Waals surface area contributed by atoms with Gasteiger partial charge < -0.3 is 25.2 Å². The van der Waals surface area contributed by atoms with Crippen LogP contribution in [0, 0.1) is 0 Å². The quantitative estimate of drug-likeness (QED) is 0.0233. The van der Waals surface area contributed by atoms with Gasteiger partial charge in [-0.1, -0.05) is 219 Å². The average molecular weight is 874 g/mol. The number of rotatable bonds is 49. The molecule has 0 saturated heterocycles. The Morgan fingerprint density at radius 1 is 0.517 bits per heavy atom. The van der Waals surface area contributed by atoms with Gasteiger partial charge in [0, 0.05) is 13.0 Å². The van der Waals surface area contributed by atoms with Crippen LogP contribution in [0.3, 0.4) is 0 Å². The zero-order valence-corrected chi connectivity index (χ0v) is 40.0. The highest BCUT2D eigenvalue weighted by atomic mass is 31.2. The van der Waals surface area contributed by atoms with E-state index in [1.807, 2.05) is 0 Å². The number of ether oxygens (including phenoxy) is 2. The van der Waals surface area contributed by atoms with Crippen molar-refractivity contribution in [2.75, 3.05) is 26.4 Å². The highest BCUT2D eigenvalue weighted by Crippen LogP contribution is 2.43. The molecule has 0 fully saturated rings. The zero-order chi connectivity index (χ0) is 44.0. The number of carbonyl (C=O) groups excluding carboxylic acids is 1. The highest BCUT2D eigenvalue weighted by Gasteiger charge is 2.27. The van der Waals surface area contributed by atoms with Gasteiger partial charge in [0.2, 0.25) is 0 Å². The molecule has 0 spiro atoms. The predicted molar refractivity (Wildman–Crippen MR) is 249 cm³/mol. The van der Waals surface area contributed by atoms with Gasteiger partial charge in [-0.05, 0) is 38.5 Å². The molecule has 11 heteroatoms. The van der Waals surface area contributed by atoms with Crippen molar-refractivity contribution in [3.8, 4) is 0 Å². The Labute approximate surface area is 369 Å². The van der Waals surface area contributed by atoms with Gasteiger partial charge in [-0.3, -0.25) is 18.6 Å². The summed E-state index contributed by atoms with van der Waals surface area (Å²) >= 11 is 0. The first-order valence-electron chi connectivity index (χ1n) is 25.2. The van der Waals surface area contributed by atoms with Crippen molar-refractivity contribution in [3.05, 3.63) is 12.2 Å². The number of carboxylic acid groups (broad SMARTS) is 1. The Morgan fingerprint density at radius 3 is 1.27 bits per heavy atom. The van der Waals surface area contributed by atoms with E-state index in [0.717, 1.165) is 44.9 Å². The number of carboxylic acids is 1. The Hall–Kier alpha value is -1.29. The number of phosphoric acid groups is 1. The van der Waals surface area contributed by atoms with Crippen molar-refractivity contribution in [1.82, 2.24) is 0 Å². The van der Waals surface area contributed by atoms with Gasteiger partial charge in [0.25, 0.3) is 0 Å². The fourth-order valence-electron chi connectivity index (χ4n) is 7.37. The second-order valence-electron chi connectivity index (χ2n) is 17.3. The number of allylic oxidation sites excluding steroid dienone is 2. The summed E-state index contributed by atoms with van der Waals surface area (Å²) in [4.78, 5) is 33.7. The van der Waals surface area contributed by atoms with E-state index in [4.69, 9.17) is 29.4 Å². The molecule has 0 aliphatic heterocycles. The molecular weight excluding hydrogens is 778 g/mol. The normalized spacial score (nSPS) is 13.8. The number of aliphatic carboxylic acids is 1. The van der Waals surface area contributed by atoms with Gasteiger partial charge >= 0.3 is 19.8 Å². The topological polar surface area (TPSA) is 155 Å². The maximum atomic E-state index is 12.7. The molecular formula is C49H96NO9P. The molecule has 0 aromatic heterocycles. The van der Waals surface area contributed by atoms with E-state index >= 15 is 0 Å². The molecule has 0 saturated carbocycles. The minimum atomic E-state index is -4.62. The third kappa shape index (κ3) is 44.8. The number of phosphoric ester groups is 1. The van der Waals surface area contributed by atoms with Crippen LogP contribution in [-0.4, -0.2) is 60.5 Å². The maximum Gasteiger partial charge on any atom is 0.472 e. The minimum Gasteiger partial charge on any atom is -0.480 e. The van der Waals surface area contributed by atoms with Crippen molar-refractivity contribution in [2.24, 2.45) is 5.73 Å². The summed E-state index contributed by atoms with van der Waals surface area (Å²) in [6.07, 6.45) is 49.8.